The number of hydrazine groups is 1. The molecule has 152 valence electrons. The maximum atomic E-state index is 8.87. The smallest absolute Gasteiger partial charge is 0.140 e. The summed E-state index contributed by atoms with van der Waals surface area (Å²) in [5.74, 6) is 1.56. The molecular formula is C22H28N6O. The maximum absolute atomic E-state index is 8.87. The number of ether oxygens (including phenoxy) is 1. The van der Waals surface area contributed by atoms with Crippen LogP contribution in [0.25, 0.3) is 0 Å². The van der Waals surface area contributed by atoms with Crippen LogP contribution in [0, 0.1) is 11.3 Å². The predicted octanol–water partition coefficient (Wildman–Crippen LogP) is 2.75. The van der Waals surface area contributed by atoms with E-state index in [4.69, 9.17) is 10.00 Å². The second-order valence-corrected chi connectivity index (χ2v) is 7.90. The van der Waals surface area contributed by atoms with Gasteiger partial charge in [-0.2, -0.15) is 5.26 Å². The van der Waals surface area contributed by atoms with Gasteiger partial charge in [-0.05, 0) is 62.7 Å². The summed E-state index contributed by atoms with van der Waals surface area (Å²) in [6.07, 6.45) is 5.02. The van der Waals surface area contributed by atoms with Crippen molar-refractivity contribution >= 4 is 5.69 Å². The monoisotopic (exact) mass is 392 g/mol. The first-order valence-corrected chi connectivity index (χ1v) is 10.2. The first kappa shape index (κ1) is 19.6. The van der Waals surface area contributed by atoms with Gasteiger partial charge in [-0.25, -0.2) is 15.8 Å². The molecule has 0 amide bonds. The van der Waals surface area contributed by atoms with Crippen molar-refractivity contribution in [2.24, 2.45) is 0 Å². The van der Waals surface area contributed by atoms with Crippen LogP contribution in [0.3, 0.4) is 0 Å². The highest BCUT2D eigenvalue weighted by Crippen LogP contribution is 2.35. The van der Waals surface area contributed by atoms with E-state index < -0.39 is 0 Å². The summed E-state index contributed by atoms with van der Waals surface area (Å²) in [5, 5.41) is 12.3. The van der Waals surface area contributed by atoms with Gasteiger partial charge >= 0.3 is 0 Å². The Labute approximate surface area is 172 Å². The van der Waals surface area contributed by atoms with Crippen LogP contribution in [-0.4, -0.2) is 43.3 Å². The van der Waals surface area contributed by atoms with Crippen molar-refractivity contribution in [2.45, 2.75) is 37.4 Å². The van der Waals surface area contributed by atoms with Crippen molar-refractivity contribution in [3.05, 3.63) is 53.3 Å². The Hall–Kier alpha value is -2.66. The van der Waals surface area contributed by atoms with E-state index in [1.807, 2.05) is 12.1 Å². The Morgan fingerprint density at radius 2 is 2.03 bits per heavy atom. The number of methoxy groups -OCH3 is 1. The highest BCUT2D eigenvalue weighted by molar-refractivity contribution is 5.45. The number of nitrogens with zero attached hydrogens (tertiary/aromatic N) is 3. The SMILES string of the molecule is COc1cc(C2CCN(C)CC2)ccc1C1CC(Nc2ccc(C#N)nc2)NN1. The van der Waals surface area contributed by atoms with Crippen molar-refractivity contribution in [3.63, 3.8) is 0 Å². The third-order valence-electron chi connectivity index (χ3n) is 5.95. The first-order valence-electron chi connectivity index (χ1n) is 10.2. The third-order valence-corrected chi connectivity index (χ3v) is 5.95. The van der Waals surface area contributed by atoms with Crippen LogP contribution in [0.5, 0.6) is 5.75 Å². The van der Waals surface area contributed by atoms with Crippen LogP contribution in [0.2, 0.25) is 0 Å². The average Bonchev–Trinajstić information content (AvgIpc) is 3.22. The number of hydrogen-bond acceptors (Lipinski definition) is 7. The van der Waals surface area contributed by atoms with E-state index in [0.717, 1.165) is 30.9 Å². The number of rotatable bonds is 5. The van der Waals surface area contributed by atoms with E-state index in [9.17, 15) is 0 Å². The Morgan fingerprint density at radius 3 is 2.72 bits per heavy atom. The minimum atomic E-state index is 0.0630. The Morgan fingerprint density at radius 1 is 1.21 bits per heavy atom. The standard InChI is InChI=1S/C22H28N6O/c1-28-9-7-15(8-10-28)16-3-6-19(21(11-16)29-2)20-12-22(27-26-20)25-18-5-4-17(13-23)24-14-18/h3-6,11,14-15,20,22,25-27H,7-10,12H2,1-2H3. The van der Waals surface area contributed by atoms with Gasteiger partial charge in [-0.1, -0.05) is 12.1 Å². The molecule has 4 rings (SSSR count). The number of piperidine rings is 1. The van der Waals surface area contributed by atoms with Crippen LogP contribution in [0.15, 0.2) is 36.5 Å². The number of nitrogens with one attached hydrogen (secondary N) is 3. The lowest BCUT2D eigenvalue weighted by atomic mass is 9.88. The predicted molar refractivity (Wildman–Crippen MR) is 112 cm³/mol. The van der Waals surface area contributed by atoms with Gasteiger partial charge in [0.1, 0.15) is 17.5 Å². The second kappa shape index (κ2) is 8.78. The molecule has 2 saturated heterocycles. The number of aromatic nitrogens is 1. The molecule has 2 aliphatic rings. The van der Waals surface area contributed by atoms with Crippen LogP contribution in [0.4, 0.5) is 5.69 Å². The van der Waals surface area contributed by atoms with Crippen molar-refractivity contribution in [2.75, 3.05) is 32.6 Å². The normalized spacial score (nSPS) is 22.9. The van der Waals surface area contributed by atoms with Gasteiger partial charge in [0.25, 0.3) is 0 Å². The molecule has 0 spiro atoms. The van der Waals surface area contributed by atoms with Crippen molar-refractivity contribution < 1.29 is 4.74 Å². The van der Waals surface area contributed by atoms with Gasteiger partial charge < -0.3 is 15.0 Å². The van der Waals surface area contributed by atoms with Crippen LogP contribution in [0.1, 0.15) is 48.0 Å². The summed E-state index contributed by atoms with van der Waals surface area (Å²) in [7, 11) is 3.94. The summed E-state index contributed by atoms with van der Waals surface area (Å²) in [6.45, 7) is 2.31. The molecule has 2 aliphatic heterocycles. The van der Waals surface area contributed by atoms with Crippen molar-refractivity contribution in [1.82, 2.24) is 20.7 Å². The van der Waals surface area contributed by atoms with E-state index in [2.05, 4.69) is 51.3 Å². The molecule has 7 heteroatoms. The zero-order valence-electron chi connectivity index (χ0n) is 17.0. The van der Waals surface area contributed by atoms with Gasteiger partial charge in [-0.15, -0.1) is 0 Å². The fourth-order valence-corrected chi connectivity index (χ4v) is 4.21. The maximum Gasteiger partial charge on any atom is 0.140 e. The molecule has 0 aliphatic carbocycles. The van der Waals surface area contributed by atoms with Gasteiger partial charge in [0.05, 0.1) is 31.2 Å². The highest BCUT2D eigenvalue weighted by Gasteiger charge is 2.28. The summed E-state index contributed by atoms with van der Waals surface area (Å²) in [4.78, 5) is 6.50. The molecule has 0 bridgehead atoms. The van der Waals surface area contributed by atoms with Crippen LogP contribution < -0.4 is 20.9 Å². The molecule has 3 N–H and O–H groups in total. The summed E-state index contributed by atoms with van der Waals surface area (Å²) in [5.41, 5.74) is 10.5. The van der Waals surface area contributed by atoms with Gasteiger partial charge in [0.2, 0.25) is 0 Å². The zero-order valence-corrected chi connectivity index (χ0v) is 17.0. The topological polar surface area (TPSA) is 85.2 Å². The average molecular weight is 393 g/mol. The Balaban J connectivity index is 1.42. The van der Waals surface area contributed by atoms with E-state index in [-0.39, 0.29) is 12.2 Å². The molecule has 0 radical (unpaired) electrons. The lowest BCUT2D eigenvalue weighted by Crippen LogP contribution is -2.35. The molecule has 7 nitrogen and oxygen atoms in total. The van der Waals surface area contributed by atoms with E-state index >= 15 is 0 Å². The molecule has 2 atom stereocenters. The number of pyridine rings is 1. The molecule has 2 fully saturated rings. The number of hydrogen-bond donors (Lipinski definition) is 3. The largest absolute Gasteiger partial charge is 0.496 e. The molecule has 1 aromatic carbocycles. The number of anilines is 1. The number of nitriles is 1. The second-order valence-electron chi connectivity index (χ2n) is 7.90. The van der Waals surface area contributed by atoms with Gasteiger partial charge in [0.15, 0.2) is 0 Å². The summed E-state index contributed by atoms with van der Waals surface area (Å²) < 4.78 is 5.75. The lowest BCUT2D eigenvalue weighted by molar-refractivity contribution is 0.255. The minimum Gasteiger partial charge on any atom is -0.496 e. The van der Waals surface area contributed by atoms with Crippen LogP contribution in [-0.2, 0) is 0 Å². The quantitative estimate of drug-likeness (QED) is 0.721. The molecule has 1 aromatic heterocycles. The fourth-order valence-electron chi connectivity index (χ4n) is 4.21. The molecule has 2 aromatic rings. The van der Waals surface area contributed by atoms with Crippen molar-refractivity contribution in [3.8, 4) is 11.8 Å². The van der Waals surface area contributed by atoms with Crippen LogP contribution >= 0.6 is 0 Å². The number of benzene rings is 1. The van der Waals surface area contributed by atoms with Gasteiger partial charge in [0, 0.05) is 12.0 Å². The van der Waals surface area contributed by atoms with E-state index in [0.29, 0.717) is 11.6 Å². The van der Waals surface area contributed by atoms with Crippen molar-refractivity contribution in [1.29, 1.82) is 5.26 Å². The van der Waals surface area contributed by atoms with E-state index in [1.54, 1.807) is 19.4 Å². The first-order chi connectivity index (χ1) is 14.2. The molecule has 2 unspecified atom stereocenters. The Bertz CT molecular complexity index is 870. The third kappa shape index (κ3) is 4.51. The highest BCUT2D eigenvalue weighted by atomic mass is 16.5. The summed E-state index contributed by atoms with van der Waals surface area (Å²) in [6, 6.07) is 12.5. The molecule has 0 saturated carbocycles. The van der Waals surface area contributed by atoms with E-state index in [1.165, 1.54) is 24.0 Å². The Kier molecular flexibility index (Phi) is 5.95. The lowest BCUT2D eigenvalue weighted by Gasteiger charge is -2.29. The molecule has 3 heterocycles. The summed E-state index contributed by atoms with van der Waals surface area (Å²) >= 11 is 0. The van der Waals surface area contributed by atoms with Gasteiger partial charge in [-0.3, -0.25) is 0 Å². The fraction of sp³-hybridized carbons (Fsp3) is 0.455. The molecule has 29 heavy (non-hydrogen) atoms. The number of likely N-dealkylation sites (tertiary alicyclic amines) is 1. The minimum absolute atomic E-state index is 0.0630. The zero-order chi connectivity index (χ0) is 20.2. The molecular weight excluding hydrogens is 364 g/mol.